The van der Waals surface area contributed by atoms with Gasteiger partial charge in [-0.25, -0.2) is 0 Å². The Hall–Kier alpha value is -2.99. The van der Waals surface area contributed by atoms with E-state index in [9.17, 15) is 14.4 Å². The number of piperidine rings is 1. The first-order valence-corrected chi connectivity index (χ1v) is 12.0. The predicted octanol–water partition coefficient (Wildman–Crippen LogP) is 3.98. The van der Waals surface area contributed by atoms with Crippen LogP contribution in [-0.2, 0) is 22.4 Å². The second-order valence-corrected chi connectivity index (χ2v) is 8.88. The number of carbonyl (C=O) groups is 3. The first-order chi connectivity index (χ1) is 15.9. The molecule has 1 heterocycles. The molecule has 6 nitrogen and oxygen atoms in total. The summed E-state index contributed by atoms with van der Waals surface area (Å²) in [5, 5.41) is 2.88. The lowest BCUT2D eigenvalue weighted by Crippen LogP contribution is -2.39. The van der Waals surface area contributed by atoms with Gasteiger partial charge < -0.3 is 16.0 Å². The number of likely N-dealkylation sites (tertiary alicyclic amines) is 1. The van der Waals surface area contributed by atoms with Gasteiger partial charge in [0.15, 0.2) is 5.78 Å². The van der Waals surface area contributed by atoms with Crippen molar-refractivity contribution in [1.29, 1.82) is 0 Å². The molecule has 6 heteroatoms. The van der Waals surface area contributed by atoms with E-state index in [4.69, 9.17) is 5.73 Å². The maximum absolute atomic E-state index is 12.4. The standard InChI is InChI=1S/C27H35N3O3/c1-2-3-20-4-8-22(9-5-20)25(31)12-13-26(32)29-24-10-6-21(7-11-24)14-17-30-18-15-23(16-19-30)27(28)33/h4-11,23H,2-3,12-19H2,1H3,(H2,28,33)(H,29,32). The third kappa shape index (κ3) is 7.82. The van der Waals surface area contributed by atoms with Crippen molar-refractivity contribution in [2.24, 2.45) is 11.7 Å². The molecule has 0 unspecified atom stereocenters. The molecular formula is C27H35N3O3. The summed E-state index contributed by atoms with van der Waals surface area (Å²) < 4.78 is 0. The van der Waals surface area contributed by atoms with Gasteiger partial charge in [0.2, 0.25) is 11.8 Å². The lowest BCUT2D eigenvalue weighted by atomic mass is 9.96. The van der Waals surface area contributed by atoms with Crippen molar-refractivity contribution in [3.63, 3.8) is 0 Å². The van der Waals surface area contributed by atoms with E-state index in [0.29, 0.717) is 5.56 Å². The van der Waals surface area contributed by atoms with Crippen LogP contribution >= 0.6 is 0 Å². The molecule has 1 aliphatic heterocycles. The van der Waals surface area contributed by atoms with Gasteiger partial charge in [0, 0.05) is 36.6 Å². The third-order valence-corrected chi connectivity index (χ3v) is 6.34. The highest BCUT2D eigenvalue weighted by Crippen LogP contribution is 2.18. The Kier molecular flexibility index (Phi) is 9.19. The van der Waals surface area contributed by atoms with E-state index in [2.05, 4.69) is 17.1 Å². The summed E-state index contributed by atoms with van der Waals surface area (Å²) in [6, 6.07) is 15.5. The van der Waals surface area contributed by atoms with Crippen molar-refractivity contribution >= 4 is 23.3 Å². The van der Waals surface area contributed by atoms with Crippen LogP contribution in [0.3, 0.4) is 0 Å². The fourth-order valence-electron chi connectivity index (χ4n) is 4.22. The quantitative estimate of drug-likeness (QED) is 0.508. The number of nitrogens with one attached hydrogen (secondary N) is 1. The molecule has 0 spiro atoms. The zero-order valence-electron chi connectivity index (χ0n) is 19.5. The number of rotatable bonds is 11. The number of hydrogen-bond acceptors (Lipinski definition) is 4. The van der Waals surface area contributed by atoms with Crippen molar-refractivity contribution < 1.29 is 14.4 Å². The van der Waals surface area contributed by atoms with Crippen LogP contribution in [-0.4, -0.2) is 42.1 Å². The highest BCUT2D eigenvalue weighted by molar-refractivity contribution is 6.00. The second kappa shape index (κ2) is 12.3. The molecule has 3 rings (SSSR count). The van der Waals surface area contributed by atoms with Gasteiger partial charge in [-0.05, 0) is 62.0 Å². The van der Waals surface area contributed by atoms with E-state index in [0.717, 1.165) is 57.4 Å². The van der Waals surface area contributed by atoms with Crippen LogP contribution in [0.1, 0.15) is 60.5 Å². The SMILES string of the molecule is CCCc1ccc(C(=O)CCC(=O)Nc2ccc(CCN3CCC(C(N)=O)CC3)cc2)cc1. The number of anilines is 1. The molecule has 176 valence electrons. The van der Waals surface area contributed by atoms with E-state index in [1.165, 1.54) is 11.1 Å². The molecule has 0 radical (unpaired) electrons. The first kappa shape index (κ1) is 24.6. The van der Waals surface area contributed by atoms with Gasteiger partial charge in [-0.2, -0.15) is 0 Å². The van der Waals surface area contributed by atoms with Crippen LogP contribution in [0.25, 0.3) is 0 Å². The molecule has 2 aromatic carbocycles. The Morgan fingerprint density at radius 3 is 2.12 bits per heavy atom. The number of nitrogens with zero attached hydrogens (tertiary/aromatic N) is 1. The Bertz CT molecular complexity index is 930. The summed E-state index contributed by atoms with van der Waals surface area (Å²) in [6.07, 6.45) is 5.04. The first-order valence-electron chi connectivity index (χ1n) is 12.0. The molecule has 0 aromatic heterocycles. The third-order valence-electron chi connectivity index (χ3n) is 6.34. The fraction of sp³-hybridized carbons (Fsp3) is 0.444. The maximum Gasteiger partial charge on any atom is 0.224 e. The molecule has 2 amide bonds. The number of primary amides is 1. The Balaban J connectivity index is 1.38. The Morgan fingerprint density at radius 1 is 0.909 bits per heavy atom. The molecule has 1 saturated heterocycles. The van der Waals surface area contributed by atoms with Crippen molar-refractivity contribution in [3.8, 4) is 0 Å². The van der Waals surface area contributed by atoms with Gasteiger partial charge in [0.25, 0.3) is 0 Å². The summed E-state index contributed by atoms with van der Waals surface area (Å²) >= 11 is 0. The van der Waals surface area contributed by atoms with E-state index >= 15 is 0 Å². The zero-order valence-corrected chi connectivity index (χ0v) is 19.5. The van der Waals surface area contributed by atoms with Crippen molar-refractivity contribution in [2.45, 2.75) is 51.9 Å². The minimum absolute atomic E-state index is 0.0107. The van der Waals surface area contributed by atoms with Crippen molar-refractivity contribution in [3.05, 3.63) is 65.2 Å². The molecule has 0 aliphatic carbocycles. The molecule has 2 aromatic rings. The largest absolute Gasteiger partial charge is 0.369 e. The maximum atomic E-state index is 12.4. The monoisotopic (exact) mass is 449 g/mol. The number of hydrogen-bond donors (Lipinski definition) is 2. The molecular weight excluding hydrogens is 414 g/mol. The summed E-state index contributed by atoms with van der Waals surface area (Å²) in [6.45, 7) is 4.88. The molecule has 1 fully saturated rings. The highest BCUT2D eigenvalue weighted by Gasteiger charge is 2.22. The second-order valence-electron chi connectivity index (χ2n) is 8.88. The Labute approximate surface area is 196 Å². The minimum Gasteiger partial charge on any atom is -0.369 e. The van der Waals surface area contributed by atoms with Crippen LogP contribution in [0.5, 0.6) is 0 Å². The van der Waals surface area contributed by atoms with E-state index < -0.39 is 0 Å². The number of Topliss-reactive ketones (excluding diaryl/α,β-unsaturated/α-hetero) is 1. The molecule has 0 bridgehead atoms. The van der Waals surface area contributed by atoms with Crippen LogP contribution in [0.2, 0.25) is 0 Å². The molecule has 33 heavy (non-hydrogen) atoms. The zero-order chi connectivity index (χ0) is 23.6. The van der Waals surface area contributed by atoms with Gasteiger partial charge in [-0.1, -0.05) is 49.7 Å². The van der Waals surface area contributed by atoms with Gasteiger partial charge >= 0.3 is 0 Å². The van der Waals surface area contributed by atoms with E-state index in [-0.39, 0.29) is 36.4 Å². The van der Waals surface area contributed by atoms with Gasteiger partial charge in [-0.15, -0.1) is 0 Å². The molecule has 3 N–H and O–H groups in total. The van der Waals surface area contributed by atoms with Crippen molar-refractivity contribution in [1.82, 2.24) is 4.90 Å². The number of carbonyl (C=O) groups excluding carboxylic acids is 3. The average molecular weight is 450 g/mol. The number of aryl methyl sites for hydroxylation is 1. The summed E-state index contributed by atoms with van der Waals surface area (Å²) in [4.78, 5) is 38.3. The van der Waals surface area contributed by atoms with Crippen LogP contribution < -0.4 is 11.1 Å². The van der Waals surface area contributed by atoms with E-state index in [1.807, 2.05) is 48.5 Å². The topological polar surface area (TPSA) is 92.5 Å². The summed E-state index contributed by atoms with van der Waals surface area (Å²) in [5.41, 5.74) is 9.22. The fourth-order valence-corrected chi connectivity index (χ4v) is 4.22. The lowest BCUT2D eigenvalue weighted by molar-refractivity contribution is -0.123. The molecule has 1 aliphatic rings. The van der Waals surface area contributed by atoms with Crippen LogP contribution in [0.15, 0.2) is 48.5 Å². The van der Waals surface area contributed by atoms with Gasteiger partial charge in [0.1, 0.15) is 0 Å². The molecule has 0 atom stereocenters. The van der Waals surface area contributed by atoms with E-state index in [1.54, 1.807) is 0 Å². The number of benzene rings is 2. The lowest BCUT2D eigenvalue weighted by Gasteiger charge is -2.30. The van der Waals surface area contributed by atoms with Crippen molar-refractivity contribution in [2.75, 3.05) is 25.0 Å². The van der Waals surface area contributed by atoms with Crippen LogP contribution in [0, 0.1) is 5.92 Å². The molecule has 0 saturated carbocycles. The minimum atomic E-state index is -0.183. The summed E-state index contributed by atoms with van der Waals surface area (Å²) in [5.74, 6) is -0.331. The van der Waals surface area contributed by atoms with Gasteiger partial charge in [0.05, 0.1) is 0 Å². The smallest absolute Gasteiger partial charge is 0.224 e. The van der Waals surface area contributed by atoms with Crippen LogP contribution in [0.4, 0.5) is 5.69 Å². The van der Waals surface area contributed by atoms with Gasteiger partial charge in [-0.3, -0.25) is 14.4 Å². The average Bonchev–Trinajstić information content (AvgIpc) is 2.83. The Morgan fingerprint density at radius 2 is 1.52 bits per heavy atom. The number of amides is 2. The summed E-state index contributed by atoms with van der Waals surface area (Å²) in [7, 11) is 0. The predicted molar refractivity (Wildman–Crippen MR) is 131 cm³/mol. The number of nitrogens with two attached hydrogens (primary N) is 1. The highest BCUT2D eigenvalue weighted by atomic mass is 16.2. The number of ketones is 1. The normalized spacial score (nSPS) is 14.7.